The van der Waals surface area contributed by atoms with Gasteiger partial charge < -0.3 is 19.7 Å². The Morgan fingerprint density at radius 3 is 2.65 bits per heavy atom. The maximum absolute atomic E-state index is 13.3. The Hall–Kier alpha value is -3.38. The molecule has 0 unspecified atom stereocenters. The number of piperidine rings is 1. The molecular formula is C28H31N3O3. The Balaban J connectivity index is 1.17. The second-order valence-electron chi connectivity index (χ2n) is 9.28. The van der Waals surface area contributed by atoms with Gasteiger partial charge in [0.15, 0.2) is 0 Å². The summed E-state index contributed by atoms with van der Waals surface area (Å²) in [6.07, 6.45) is 6.19. The minimum atomic E-state index is -0.180. The van der Waals surface area contributed by atoms with E-state index in [0.29, 0.717) is 26.2 Å². The topological polar surface area (TPSA) is 63.7 Å². The van der Waals surface area contributed by atoms with Crippen LogP contribution in [-0.4, -0.2) is 47.2 Å². The van der Waals surface area contributed by atoms with Gasteiger partial charge in [0.1, 0.15) is 11.9 Å². The molecule has 5 rings (SSSR count). The number of benzene rings is 2. The number of nitrogens with zero attached hydrogens (tertiary/aromatic N) is 2. The summed E-state index contributed by atoms with van der Waals surface area (Å²) < 4.78 is 12.3. The number of likely N-dealkylation sites (tertiary alicyclic amines) is 1. The third kappa shape index (κ3) is 5.07. The van der Waals surface area contributed by atoms with E-state index in [4.69, 9.17) is 9.47 Å². The van der Waals surface area contributed by atoms with Crippen molar-refractivity contribution in [3.63, 3.8) is 0 Å². The van der Waals surface area contributed by atoms with Gasteiger partial charge in [-0.2, -0.15) is 0 Å². The summed E-state index contributed by atoms with van der Waals surface area (Å²) in [6, 6.07) is 19.8. The first-order valence-corrected chi connectivity index (χ1v) is 12.0. The number of rotatable bonds is 6. The fourth-order valence-corrected chi connectivity index (χ4v) is 4.86. The molecule has 2 aliphatic rings. The molecule has 0 radical (unpaired) electrons. The van der Waals surface area contributed by atoms with Crippen LogP contribution in [0.3, 0.4) is 0 Å². The van der Waals surface area contributed by atoms with E-state index in [2.05, 4.69) is 17.2 Å². The van der Waals surface area contributed by atoms with Crippen LogP contribution in [0.2, 0.25) is 0 Å². The standard InChI is InChI=1S/C28H31N3O3/c1-21-7-8-23(17-26(21)30-19-22-9-13-29-14-10-22)27(32)31-15-11-28(12-16-31)18-25(20-33-28)34-24-5-3-2-4-6-24/h2-10,13-14,17,25,30H,11-12,15-16,18-20H2,1H3/t25-/m0/s1. The number of pyridine rings is 1. The van der Waals surface area contributed by atoms with Crippen LogP contribution in [0.25, 0.3) is 0 Å². The number of aromatic nitrogens is 1. The van der Waals surface area contributed by atoms with Crippen molar-refractivity contribution in [2.45, 2.75) is 44.4 Å². The van der Waals surface area contributed by atoms with Crippen molar-refractivity contribution < 1.29 is 14.3 Å². The molecule has 6 heteroatoms. The quantitative estimate of drug-likeness (QED) is 0.574. The molecule has 1 amide bonds. The Labute approximate surface area is 200 Å². The molecule has 1 N–H and O–H groups in total. The van der Waals surface area contributed by atoms with Crippen LogP contribution in [0.15, 0.2) is 73.1 Å². The summed E-state index contributed by atoms with van der Waals surface area (Å²) >= 11 is 0. The molecule has 6 nitrogen and oxygen atoms in total. The minimum absolute atomic E-state index is 0.0655. The lowest BCUT2D eigenvalue weighted by Gasteiger charge is -2.38. The normalized spacial score (nSPS) is 19.2. The first kappa shape index (κ1) is 22.4. The zero-order valence-corrected chi connectivity index (χ0v) is 19.6. The molecule has 2 fully saturated rings. The molecule has 34 heavy (non-hydrogen) atoms. The van der Waals surface area contributed by atoms with Gasteiger partial charge in [-0.3, -0.25) is 9.78 Å². The van der Waals surface area contributed by atoms with E-state index < -0.39 is 0 Å². The fraction of sp³-hybridized carbons (Fsp3) is 0.357. The van der Waals surface area contributed by atoms with Crippen molar-refractivity contribution in [2.75, 3.05) is 25.0 Å². The van der Waals surface area contributed by atoms with Crippen molar-refractivity contribution in [2.24, 2.45) is 0 Å². The number of carbonyl (C=O) groups is 1. The summed E-state index contributed by atoms with van der Waals surface area (Å²) in [4.78, 5) is 19.3. The second-order valence-corrected chi connectivity index (χ2v) is 9.28. The molecule has 1 spiro atoms. The monoisotopic (exact) mass is 457 g/mol. The Bertz CT molecular complexity index is 1110. The van der Waals surface area contributed by atoms with Crippen LogP contribution >= 0.6 is 0 Å². The molecule has 1 aromatic heterocycles. The van der Waals surface area contributed by atoms with Gasteiger partial charge in [-0.05, 0) is 67.3 Å². The van der Waals surface area contributed by atoms with Gasteiger partial charge in [-0.25, -0.2) is 0 Å². The van der Waals surface area contributed by atoms with Crippen LogP contribution < -0.4 is 10.1 Å². The van der Waals surface area contributed by atoms with Crippen LogP contribution in [-0.2, 0) is 11.3 Å². The lowest BCUT2D eigenvalue weighted by Crippen LogP contribution is -2.46. The number of anilines is 1. The van der Waals surface area contributed by atoms with Gasteiger partial charge >= 0.3 is 0 Å². The van der Waals surface area contributed by atoms with Crippen molar-refractivity contribution in [3.05, 3.63) is 89.7 Å². The van der Waals surface area contributed by atoms with Crippen molar-refractivity contribution in [1.82, 2.24) is 9.88 Å². The SMILES string of the molecule is Cc1ccc(C(=O)N2CCC3(CC2)C[C@H](Oc2ccccc2)CO3)cc1NCc1ccncc1. The molecule has 0 saturated carbocycles. The molecule has 1 atom stereocenters. The highest BCUT2D eigenvalue weighted by atomic mass is 16.6. The molecule has 0 bridgehead atoms. The van der Waals surface area contributed by atoms with Gasteiger partial charge in [0.2, 0.25) is 0 Å². The zero-order chi connectivity index (χ0) is 23.4. The van der Waals surface area contributed by atoms with E-state index in [1.807, 2.05) is 65.6 Å². The minimum Gasteiger partial charge on any atom is -0.488 e. The highest BCUT2D eigenvalue weighted by Gasteiger charge is 2.44. The zero-order valence-electron chi connectivity index (χ0n) is 19.6. The number of hydrogen-bond donors (Lipinski definition) is 1. The third-order valence-electron chi connectivity index (χ3n) is 6.90. The van der Waals surface area contributed by atoms with Gasteiger partial charge in [-0.15, -0.1) is 0 Å². The first-order valence-electron chi connectivity index (χ1n) is 12.0. The van der Waals surface area contributed by atoms with E-state index in [-0.39, 0.29) is 17.6 Å². The fourth-order valence-electron chi connectivity index (χ4n) is 4.86. The van der Waals surface area contributed by atoms with Gasteiger partial charge in [0.25, 0.3) is 5.91 Å². The van der Waals surface area contributed by atoms with Gasteiger partial charge in [0.05, 0.1) is 12.2 Å². The molecule has 3 aromatic rings. The van der Waals surface area contributed by atoms with E-state index in [9.17, 15) is 4.79 Å². The number of nitrogens with one attached hydrogen (secondary N) is 1. The van der Waals surface area contributed by atoms with E-state index in [0.717, 1.165) is 47.4 Å². The van der Waals surface area contributed by atoms with E-state index in [1.165, 1.54) is 0 Å². The third-order valence-corrected chi connectivity index (χ3v) is 6.90. The van der Waals surface area contributed by atoms with Crippen LogP contribution in [0.5, 0.6) is 5.75 Å². The number of amides is 1. The number of aryl methyl sites for hydroxylation is 1. The molecule has 3 heterocycles. The largest absolute Gasteiger partial charge is 0.488 e. The number of ether oxygens (including phenoxy) is 2. The highest BCUT2D eigenvalue weighted by molar-refractivity contribution is 5.95. The summed E-state index contributed by atoms with van der Waals surface area (Å²) in [5, 5.41) is 3.46. The summed E-state index contributed by atoms with van der Waals surface area (Å²) in [7, 11) is 0. The number of hydrogen-bond acceptors (Lipinski definition) is 5. The maximum Gasteiger partial charge on any atom is 0.253 e. The van der Waals surface area contributed by atoms with Crippen molar-refractivity contribution >= 4 is 11.6 Å². The first-order chi connectivity index (χ1) is 16.6. The smallest absolute Gasteiger partial charge is 0.253 e. The summed E-state index contributed by atoms with van der Waals surface area (Å²) in [5.41, 5.74) is 3.79. The van der Waals surface area contributed by atoms with Crippen LogP contribution in [0.1, 0.15) is 40.7 Å². The Morgan fingerprint density at radius 1 is 1.12 bits per heavy atom. The molecule has 176 valence electrons. The second kappa shape index (κ2) is 9.85. The van der Waals surface area contributed by atoms with E-state index >= 15 is 0 Å². The molecule has 2 saturated heterocycles. The molecule has 2 aromatic carbocycles. The molecule has 0 aliphatic carbocycles. The van der Waals surface area contributed by atoms with Gasteiger partial charge in [0, 0.05) is 49.7 Å². The predicted molar refractivity (Wildman–Crippen MR) is 132 cm³/mol. The van der Waals surface area contributed by atoms with Crippen molar-refractivity contribution in [1.29, 1.82) is 0 Å². The Morgan fingerprint density at radius 2 is 1.88 bits per heavy atom. The van der Waals surface area contributed by atoms with Crippen LogP contribution in [0.4, 0.5) is 5.69 Å². The average Bonchev–Trinajstić information content (AvgIpc) is 3.26. The molecular weight excluding hydrogens is 426 g/mol. The number of para-hydroxylation sites is 1. The lowest BCUT2D eigenvalue weighted by atomic mass is 9.87. The number of carbonyl (C=O) groups excluding carboxylic acids is 1. The van der Waals surface area contributed by atoms with Crippen LogP contribution in [0, 0.1) is 6.92 Å². The lowest BCUT2D eigenvalue weighted by molar-refractivity contribution is -0.0395. The van der Waals surface area contributed by atoms with E-state index in [1.54, 1.807) is 12.4 Å². The predicted octanol–water partition coefficient (Wildman–Crippen LogP) is 4.84. The summed E-state index contributed by atoms with van der Waals surface area (Å²) in [6.45, 7) is 4.75. The average molecular weight is 458 g/mol. The summed E-state index contributed by atoms with van der Waals surface area (Å²) in [5.74, 6) is 0.963. The molecule has 2 aliphatic heterocycles. The maximum atomic E-state index is 13.3. The Kier molecular flexibility index (Phi) is 6.50. The van der Waals surface area contributed by atoms with Crippen molar-refractivity contribution in [3.8, 4) is 5.75 Å². The highest BCUT2D eigenvalue weighted by Crippen LogP contribution is 2.37. The van der Waals surface area contributed by atoms with Gasteiger partial charge in [-0.1, -0.05) is 24.3 Å².